The van der Waals surface area contributed by atoms with E-state index in [1.54, 1.807) is 30.5 Å². The third-order valence-corrected chi connectivity index (χ3v) is 10.3. The fraction of sp³-hybridized carbons (Fsp3) is 0.280. The number of nitrogens with one attached hydrogen (secondary N) is 2. The van der Waals surface area contributed by atoms with Crippen LogP contribution in [0.4, 0.5) is 25.1 Å². The number of fused-ring (bicyclic) bond motifs is 1. The fourth-order valence-electron chi connectivity index (χ4n) is 4.77. The summed E-state index contributed by atoms with van der Waals surface area (Å²) in [4.78, 5) is 2.61. The topological polar surface area (TPSA) is 87.7 Å². The normalized spacial score (nSPS) is 20.6. The summed E-state index contributed by atoms with van der Waals surface area (Å²) >= 11 is 0. The van der Waals surface area contributed by atoms with Crippen LogP contribution in [0.5, 0.6) is 0 Å². The Morgan fingerprint density at radius 3 is 2.13 bits per heavy atom. The lowest BCUT2D eigenvalue weighted by molar-refractivity contribution is 0.364. The number of aryl methyl sites for hydroxylation is 1. The zero-order valence-corrected chi connectivity index (χ0v) is 21.8. The van der Waals surface area contributed by atoms with Gasteiger partial charge in [-0.2, -0.15) is 5.10 Å². The van der Waals surface area contributed by atoms with E-state index < -0.39 is 30.2 Å². The van der Waals surface area contributed by atoms with Gasteiger partial charge in [-0.3, -0.25) is 5.10 Å². The molecule has 1 aliphatic carbocycles. The summed E-state index contributed by atoms with van der Waals surface area (Å²) < 4.78 is 91.1. The molecule has 0 unspecified atom stereocenters. The number of aromatic nitrogens is 3. The van der Waals surface area contributed by atoms with Crippen LogP contribution in [0.2, 0.25) is 0 Å². The van der Waals surface area contributed by atoms with Gasteiger partial charge in [0.05, 0.1) is 10.1 Å². The molecule has 0 radical (unpaired) electrons. The van der Waals surface area contributed by atoms with E-state index in [-0.39, 0.29) is 16.6 Å². The molecule has 5 rings (SSSR count). The van der Waals surface area contributed by atoms with E-state index in [0.29, 0.717) is 43.5 Å². The molecule has 204 valence electrons. The zero-order valence-electron chi connectivity index (χ0n) is 20.2. The number of benzene rings is 2. The van der Waals surface area contributed by atoms with Crippen LogP contribution >= 0.6 is 10.2 Å². The molecule has 0 saturated heterocycles. The van der Waals surface area contributed by atoms with Crippen LogP contribution in [0.3, 0.4) is 0 Å². The minimum absolute atomic E-state index is 0.177. The number of halogens is 5. The van der Waals surface area contributed by atoms with Gasteiger partial charge in [-0.25, -0.2) is 13.4 Å². The maximum Gasteiger partial charge on any atom is 0.310 e. The summed E-state index contributed by atoms with van der Waals surface area (Å²) in [5.41, 5.74) is 3.43. The number of anilines is 1. The Bertz CT molecular complexity index is 1600. The monoisotopic (exact) mass is 572 g/mol. The van der Waals surface area contributed by atoms with Gasteiger partial charge in [0, 0.05) is 34.6 Å². The van der Waals surface area contributed by atoms with E-state index in [1.165, 1.54) is 0 Å². The highest BCUT2D eigenvalue weighted by Crippen LogP contribution is 3.02. The predicted octanol–water partition coefficient (Wildman–Crippen LogP) is 7.79. The van der Waals surface area contributed by atoms with E-state index in [9.17, 15) is 27.8 Å². The highest BCUT2D eigenvalue weighted by atomic mass is 32.5. The van der Waals surface area contributed by atoms with Crippen LogP contribution in [-0.4, -0.2) is 34.9 Å². The molecule has 2 N–H and O–H groups in total. The Morgan fingerprint density at radius 2 is 1.53 bits per heavy atom. The van der Waals surface area contributed by atoms with Crippen LogP contribution in [0.15, 0.2) is 70.6 Å². The molecule has 2 heterocycles. The number of H-pyrrole nitrogens is 1. The first-order chi connectivity index (χ1) is 17.6. The first-order valence-electron chi connectivity index (χ1n) is 11.9. The molecule has 0 bridgehead atoms. The van der Waals surface area contributed by atoms with Crippen molar-refractivity contribution in [2.75, 3.05) is 5.32 Å². The van der Waals surface area contributed by atoms with Gasteiger partial charge in [-0.15, -0.1) is 0 Å². The summed E-state index contributed by atoms with van der Waals surface area (Å²) in [7, 11) is -13.3. The third kappa shape index (κ3) is 5.35. The molecule has 4 aromatic rings. The Labute approximate surface area is 216 Å². The second-order valence-corrected chi connectivity index (χ2v) is 14.3. The Kier molecular flexibility index (Phi) is 5.84. The summed E-state index contributed by atoms with van der Waals surface area (Å²) in [5, 5.41) is 10.3. The standard InChI is InChI=1S/C25H25F5N4O2S2/c1-16-24-14-18(15-31-25(24)34-33-16)17-2-8-21(9-3-17)37(35,36)22-10-4-19(5-11-22)32-20-6-12-23(13-7-20)38(26,27,28,29)30/h2-3,6-9,12-15,19,22,32H,4-5,10-11H2,1H3,(H,31,33,34). The van der Waals surface area contributed by atoms with Crippen LogP contribution in [0, 0.1) is 6.92 Å². The average Bonchev–Trinajstić information content (AvgIpc) is 3.23. The summed E-state index contributed by atoms with van der Waals surface area (Å²) in [5.74, 6) is 0. The van der Waals surface area contributed by atoms with Crippen molar-refractivity contribution in [3.63, 3.8) is 0 Å². The number of nitrogens with zero attached hydrogens (tertiary/aromatic N) is 2. The third-order valence-electron chi connectivity index (χ3n) is 6.90. The first-order valence-corrected chi connectivity index (χ1v) is 15.4. The Morgan fingerprint density at radius 1 is 0.895 bits per heavy atom. The molecule has 6 nitrogen and oxygen atoms in total. The van der Waals surface area contributed by atoms with Crippen molar-refractivity contribution in [3.8, 4) is 11.1 Å². The number of rotatable bonds is 6. The van der Waals surface area contributed by atoms with Gasteiger partial charge >= 0.3 is 10.2 Å². The van der Waals surface area contributed by atoms with E-state index in [2.05, 4.69) is 20.5 Å². The van der Waals surface area contributed by atoms with Crippen molar-refractivity contribution in [2.45, 2.75) is 53.7 Å². The largest absolute Gasteiger partial charge is 0.382 e. The fourth-order valence-corrected chi connectivity index (χ4v) is 7.21. The van der Waals surface area contributed by atoms with E-state index >= 15 is 0 Å². The van der Waals surface area contributed by atoms with E-state index in [1.807, 2.05) is 13.0 Å². The van der Waals surface area contributed by atoms with Crippen molar-refractivity contribution >= 4 is 36.8 Å². The van der Waals surface area contributed by atoms with Gasteiger partial charge in [0.2, 0.25) is 0 Å². The molecule has 0 amide bonds. The van der Waals surface area contributed by atoms with Crippen LogP contribution in [0.1, 0.15) is 31.4 Å². The van der Waals surface area contributed by atoms with Crippen molar-refractivity contribution in [2.24, 2.45) is 0 Å². The lowest BCUT2D eigenvalue weighted by Gasteiger charge is -2.40. The Hall–Kier alpha value is -3.19. The number of aromatic amines is 1. The summed E-state index contributed by atoms with van der Waals surface area (Å²) in [6, 6.07) is 11.1. The molecule has 13 heteroatoms. The van der Waals surface area contributed by atoms with Crippen molar-refractivity contribution < 1.29 is 27.8 Å². The maximum atomic E-state index is 13.3. The molecule has 1 fully saturated rings. The second kappa shape index (κ2) is 8.40. The lowest BCUT2D eigenvalue weighted by atomic mass is 9.95. The predicted molar refractivity (Wildman–Crippen MR) is 139 cm³/mol. The van der Waals surface area contributed by atoms with E-state index in [4.69, 9.17) is 0 Å². The van der Waals surface area contributed by atoms with Gasteiger partial charge in [0.15, 0.2) is 15.5 Å². The average molecular weight is 573 g/mol. The maximum absolute atomic E-state index is 13.3. The first kappa shape index (κ1) is 26.4. The highest BCUT2D eigenvalue weighted by Gasteiger charge is 2.65. The molecule has 0 spiro atoms. The minimum Gasteiger partial charge on any atom is -0.382 e. The van der Waals surface area contributed by atoms with Crippen LogP contribution in [0.25, 0.3) is 22.2 Å². The molecular weight excluding hydrogens is 547 g/mol. The summed E-state index contributed by atoms with van der Waals surface area (Å²) in [6.45, 7) is 1.90. The number of hydrogen-bond donors (Lipinski definition) is 2. The number of hydrogen-bond acceptors (Lipinski definition) is 5. The molecular formula is C25H25F5N4O2S2. The quantitative estimate of drug-likeness (QED) is 0.230. The second-order valence-electron chi connectivity index (χ2n) is 9.62. The summed E-state index contributed by atoms with van der Waals surface area (Å²) in [6.07, 6.45) is 3.36. The minimum atomic E-state index is -9.72. The lowest BCUT2D eigenvalue weighted by Crippen LogP contribution is -2.32. The smallest absolute Gasteiger partial charge is 0.310 e. The van der Waals surface area contributed by atoms with Crippen LogP contribution < -0.4 is 5.32 Å². The van der Waals surface area contributed by atoms with Crippen molar-refractivity contribution in [1.82, 2.24) is 15.2 Å². The van der Waals surface area contributed by atoms with E-state index in [0.717, 1.165) is 34.3 Å². The van der Waals surface area contributed by atoms with Gasteiger partial charge in [-0.1, -0.05) is 31.6 Å². The van der Waals surface area contributed by atoms with Crippen molar-refractivity contribution in [3.05, 3.63) is 66.5 Å². The molecule has 2 aromatic heterocycles. The molecule has 38 heavy (non-hydrogen) atoms. The molecule has 1 aliphatic rings. The molecule has 1 saturated carbocycles. The zero-order chi connectivity index (χ0) is 27.4. The van der Waals surface area contributed by atoms with Crippen molar-refractivity contribution in [1.29, 1.82) is 0 Å². The SMILES string of the molecule is Cc1[nH]nc2ncc(-c3ccc(S(=O)(=O)C4CCC(Nc5ccc(S(F)(F)(F)(F)F)cc5)CC4)cc3)cc12. The molecule has 2 aromatic carbocycles. The number of sulfone groups is 1. The molecule has 0 aliphatic heterocycles. The van der Waals surface area contributed by atoms with Crippen LogP contribution in [-0.2, 0) is 9.84 Å². The van der Waals surface area contributed by atoms with Gasteiger partial charge in [-0.05, 0) is 80.6 Å². The van der Waals surface area contributed by atoms with Gasteiger partial charge < -0.3 is 5.32 Å². The van der Waals surface area contributed by atoms with Gasteiger partial charge in [0.25, 0.3) is 0 Å². The van der Waals surface area contributed by atoms with Gasteiger partial charge in [0.1, 0.15) is 4.90 Å². The molecule has 0 atom stereocenters. The Balaban J connectivity index is 1.23. The number of pyridine rings is 1. The highest BCUT2D eigenvalue weighted by molar-refractivity contribution is 8.45.